The third kappa shape index (κ3) is 2.84. The molecule has 0 saturated carbocycles. The molecule has 2 rings (SSSR count). The van der Waals surface area contributed by atoms with Gasteiger partial charge in [0, 0.05) is 13.1 Å². The summed E-state index contributed by atoms with van der Waals surface area (Å²) >= 11 is 0. The molecule has 2 heterocycles. The lowest BCUT2D eigenvalue weighted by atomic mass is 10.2. The fourth-order valence-corrected chi connectivity index (χ4v) is 2.25. The average molecular weight is 224 g/mol. The van der Waals surface area contributed by atoms with Gasteiger partial charge >= 0.3 is 0 Å². The standard InChI is InChI=1S/C12H20N2O2/c1-9-6-14(7-10(2)15-9)8-12-4-3-11(5-13)16-12/h3-4,9-10H,5-8,13H2,1-2H3. The van der Waals surface area contributed by atoms with Crippen molar-refractivity contribution in [2.24, 2.45) is 5.73 Å². The summed E-state index contributed by atoms with van der Waals surface area (Å²) in [6.45, 7) is 7.45. The SMILES string of the molecule is CC1CN(Cc2ccc(CN)o2)CC(C)O1. The predicted molar refractivity (Wildman–Crippen MR) is 61.9 cm³/mol. The molecule has 1 aliphatic heterocycles. The highest BCUT2D eigenvalue weighted by molar-refractivity contribution is 5.06. The van der Waals surface area contributed by atoms with Crippen LogP contribution >= 0.6 is 0 Å². The molecule has 0 spiro atoms. The lowest BCUT2D eigenvalue weighted by Crippen LogP contribution is -2.44. The van der Waals surface area contributed by atoms with E-state index in [4.69, 9.17) is 14.9 Å². The molecule has 4 heteroatoms. The van der Waals surface area contributed by atoms with E-state index in [2.05, 4.69) is 18.7 Å². The highest BCUT2D eigenvalue weighted by atomic mass is 16.5. The van der Waals surface area contributed by atoms with Crippen LogP contribution in [0.25, 0.3) is 0 Å². The molecule has 1 aromatic heterocycles. The van der Waals surface area contributed by atoms with Gasteiger partial charge in [0.15, 0.2) is 0 Å². The molecule has 4 nitrogen and oxygen atoms in total. The largest absolute Gasteiger partial charge is 0.463 e. The van der Waals surface area contributed by atoms with Gasteiger partial charge in [-0.15, -0.1) is 0 Å². The van der Waals surface area contributed by atoms with Crippen molar-refractivity contribution in [3.63, 3.8) is 0 Å². The molecule has 0 radical (unpaired) electrons. The van der Waals surface area contributed by atoms with Crippen molar-refractivity contribution in [3.8, 4) is 0 Å². The van der Waals surface area contributed by atoms with Crippen molar-refractivity contribution in [1.29, 1.82) is 0 Å². The van der Waals surface area contributed by atoms with Gasteiger partial charge in [-0.05, 0) is 26.0 Å². The van der Waals surface area contributed by atoms with E-state index in [1.54, 1.807) is 0 Å². The number of nitrogens with zero attached hydrogens (tertiary/aromatic N) is 1. The Kier molecular flexibility index (Phi) is 3.63. The van der Waals surface area contributed by atoms with Crippen LogP contribution < -0.4 is 5.73 Å². The molecule has 1 aliphatic rings. The Morgan fingerprint density at radius 1 is 1.25 bits per heavy atom. The number of furan rings is 1. The number of nitrogens with two attached hydrogens (primary N) is 1. The number of hydrogen-bond acceptors (Lipinski definition) is 4. The van der Waals surface area contributed by atoms with Crippen LogP contribution in [0.1, 0.15) is 25.4 Å². The zero-order chi connectivity index (χ0) is 11.5. The third-order valence-corrected chi connectivity index (χ3v) is 2.79. The summed E-state index contributed by atoms with van der Waals surface area (Å²) < 4.78 is 11.3. The van der Waals surface area contributed by atoms with Crippen LogP contribution in [-0.4, -0.2) is 30.2 Å². The maximum absolute atomic E-state index is 5.69. The first-order chi connectivity index (χ1) is 7.67. The molecule has 0 aliphatic carbocycles. The van der Waals surface area contributed by atoms with Gasteiger partial charge in [-0.3, -0.25) is 4.90 Å². The van der Waals surface area contributed by atoms with Crippen LogP contribution in [-0.2, 0) is 17.8 Å². The fourth-order valence-electron chi connectivity index (χ4n) is 2.25. The predicted octanol–water partition coefficient (Wildman–Crippen LogP) is 1.35. The molecule has 1 saturated heterocycles. The van der Waals surface area contributed by atoms with Gasteiger partial charge in [0.05, 0.1) is 25.3 Å². The summed E-state index contributed by atoms with van der Waals surface area (Å²) in [5.41, 5.74) is 5.51. The second-order valence-corrected chi connectivity index (χ2v) is 4.52. The normalized spacial score (nSPS) is 27.2. The molecular formula is C12H20N2O2. The fraction of sp³-hybridized carbons (Fsp3) is 0.667. The maximum Gasteiger partial charge on any atom is 0.118 e. The molecule has 90 valence electrons. The van der Waals surface area contributed by atoms with E-state index in [-0.39, 0.29) is 0 Å². The Balaban J connectivity index is 1.93. The third-order valence-electron chi connectivity index (χ3n) is 2.79. The van der Waals surface area contributed by atoms with Crippen LogP contribution in [0.2, 0.25) is 0 Å². The van der Waals surface area contributed by atoms with Crippen LogP contribution in [0.3, 0.4) is 0 Å². The van der Waals surface area contributed by atoms with E-state index in [0.717, 1.165) is 31.2 Å². The van der Waals surface area contributed by atoms with E-state index in [1.807, 2.05) is 12.1 Å². The van der Waals surface area contributed by atoms with Crippen molar-refractivity contribution in [3.05, 3.63) is 23.7 Å². The highest BCUT2D eigenvalue weighted by Crippen LogP contribution is 2.15. The Labute approximate surface area is 96.4 Å². The first kappa shape index (κ1) is 11.6. The van der Waals surface area contributed by atoms with Crippen molar-refractivity contribution in [2.75, 3.05) is 13.1 Å². The summed E-state index contributed by atoms with van der Waals surface area (Å²) in [6, 6.07) is 3.95. The van der Waals surface area contributed by atoms with Crippen LogP contribution in [0.4, 0.5) is 0 Å². The van der Waals surface area contributed by atoms with E-state index >= 15 is 0 Å². The first-order valence-electron chi connectivity index (χ1n) is 5.83. The zero-order valence-corrected chi connectivity index (χ0v) is 9.98. The topological polar surface area (TPSA) is 51.6 Å². The summed E-state index contributed by atoms with van der Waals surface area (Å²) in [7, 11) is 0. The number of hydrogen-bond donors (Lipinski definition) is 1. The van der Waals surface area contributed by atoms with E-state index in [1.165, 1.54) is 0 Å². The molecule has 1 fully saturated rings. The summed E-state index contributed by atoms with van der Waals surface area (Å²) in [6.07, 6.45) is 0.598. The maximum atomic E-state index is 5.69. The second kappa shape index (κ2) is 4.99. The van der Waals surface area contributed by atoms with Crippen molar-refractivity contribution >= 4 is 0 Å². The van der Waals surface area contributed by atoms with Gasteiger partial charge in [-0.1, -0.05) is 0 Å². The zero-order valence-electron chi connectivity index (χ0n) is 9.98. The van der Waals surface area contributed by atoms with Gasteiger partial charge in [-0.25, -0.2) is 0 Å². The Morgan fingerprint density at radius 3 is 2.44 bits per heavy atom. The van der Waals surface area contributed by atoms with Gasteiger partial charge in [0.1, 0.15) is 11.5 Å². The molecule has 2 N–H and O–H groups in total. The number of ether oxygens (including phenoxy) is 1. The second-order valence-electron chi connectivity index (χ2n) is 4.52. The molecule has 2 unspecified atom stereocenters. The van der Waals surface area contributed by atoms with E-state index < -0.39 is 0 Å². The average Bonchev–Trinajstić information content (AvgIpc) is 2.64. The minimum absolute atomic E-state index is 0.299. The van der Waals surface area contributed by atoms with Crippen LogP contribution in [0.5, 0.6) is 0 Å². The van der Waals surface area contributed by atoms with Gasteiger partial charge in [-0.2, -0.15) is 0 Å². The minimum atomic E-state index is 0.299. The van der Waals surface area contributed by atoms with E-state index in [0.29, 0.717) is 18.8 Å². The molecule has 0 bridgehead atoms. The summed E-state index contributed by atoms with van der Waals surface area (Å²) in [5, 5.41) is 0. The van der Waals surface area contributed by atoms with Crippen molar-refractivity contribution in [2.45, 2.75) is 39.1 Å². The molecular weight excluding hydrogens is 204 g/mol. The quantitative estimate of drug-likeness (QED) is 0.842. The minimum Gasteiger partial charge on any atom is -0.463 e. The number of morpholine rings is 1. The molecule has 16 heavy (non-hydrogen) atoms. The lowest BCUT2D eigenvalue weighted by Gasteiger charge is -2.34. The Hall–Kier alpha value is -0.840. The van der Waals surface area contributed by atoms with Gasteiger partial charge in [0.25, 0.3) is 0 Å². The van der Waals surface area contributed by atoms with Crippen LogP contribution in [0, 0.1) is 0 Å². The molecule has 0 aromatic carbocycles. The molecule has 1 aromatic rings. The number of rotatable bonds is 3. The van der Waals surface area contributed by atoms with E-state index in [9.17, 15) is 0 Å². The van der Waals surface area contributed by atoms with Crippen LogP contribution in [0.15, 0.2) is 16.5 Å². The Bertz CT molecular complexity index is 328. The lowest BCUT2D eigenvalue weighted by molar-refractivity contribution is -0.0718. The van der Waals surface area contributed by atoms with Crippen molar-refractivity contribution in [1.82, 2.24) is 4.90 Å². The van der Waals surface area contributed by atoms with Gasteiger partial charge in [0.2, 0.25) is 0 Å². The Morgan fingerprint density at radius 2 is 1.88 bits per heavy atom. The molecule has 0 amide bonds. The summed E-state index contributed by atoms with van der Waals surface area (Å²) in [5.74, 6) is 1.84. The monoisotopic (exact) mass is 224 g/mol. The highest BCUT2D eigenvalue weighted by Gasteiger charge is 2.22. The first-order valence-corrected chi connectivity index (χ1v) is 5.83. The van der Waals surface area contributed by atoms with Crippen molar-refractivity contribution < 1.29 is 9.15 Å². The molecule has 2 atom stereocenters. The smallest absolute Gasteiger partial charge is 0.118 e. The van der Waals surface area contributed by atoms with Gasteiger partial charge < -0.3 is 14.9 Å². The summed E-state index contributed by atoms with van der Waals surface area (Å²) in [4.78, 5) is 2.36.